The Labute approximate surface area is 213 Å². The van der Waals surface area contributed by atoms with Crippen molar-refractivity contribution in [2.75, 3.05) is 26.7 Å². The first-order chi connectivity index (χ1) is 17.4. The molecule has 7 heteroatoms. The molecule has 4 rings (SSSR count). The summed E-state index contributed by atoms with van der Waals surface area (Å²) >= 11 is 0. The quantitative estimate of drug-likeness (QED) is 0.445. The molecule has 3 atom stereocenters. The minimum absolute atomic E-state index is 0.00755. The third-order valence-corrected chi connectivity index (χ3v) is 7.58. The molecular weight excluding hydrogens is 457 g/mol. The monoisotopic (exact) mass is 495 g/mol. The van der Waals surface area contributed by atoms with E-state index >= 15 is 0 Å². The lowest BCUT2D eigenvalue weighted by molar-refractivity contribution is -0.134. The largest absolute Gasteiger partial charge is 0.497 e. The molecule has 1 saturated carbocycles. The van der Waals surface area contributed by atoms with Gasteiger partial charge in [0.15, 0.2) is 0 Å². The van der Waals surface area contributed by atoms with Gasteiger partial charge in [0.25, 0.3) is 5.91 Å². The van der Waals surface area contributed by atoms with Crippen molar-refractivity contribution in [1.29, 1.82) is 0 Å². The Kier molecular flexibility index (Phi) is 8.62. The smallest absolute Gasteiger partial charge is 0.251 e. The number of ether oxygens (including phenoxy) is 1. The van der Waals surface area contributed by atoms with Crippen LogP contribution < -0.4 is 15.4 Å². The highest BCUT2D eigenvalue weighted by molar-refractivity contribution is 5.97. The van der Waals surface area contributed by atoms with Crippen LogP contribution in [0.15, 0.2) is 48.5 Å². The molecule has 194 valence electrons. The molecule has 0 radical (unpaired) electrons. The van der Waals surface area contributed by atoms with Crippen LogP contribution in [0.3, 0.4) is 0 Å². The number of halogens is 1. The number of nitrogens with zero attached hydrogens (tertiary/aromatic N) is 1. The average molecular weight is 496 g/mol. The van der Waals surface area contributed by atoms with Gasteiger partial charge in [-0.15, -0.1) is 0 Å². The predicted octanol–water partition coefficient (Wildman–Crippen LogP) is 4.65. The number of hydrogen-bond acceptors (Lipinski definition) is 4. The van der Waals surface area contributed by atoms with E-state index in [1.807, 2.05) is 17.0 Å². The fraction of sp³-hybridized carbons (Fsp3) is 0.517. The van der Waals surface area contributed by atoms with E-state index in [9.17, 15) is 14.0 Å². The summed E-state index contributed by atoms with van der Waals surface area (Å²) in [5.41, 5.74) is 1.77. The highest BCUT2D eigenvalue weighted by atomic mass is 19.1. The minimum atomic E-state index is -0.566. The van der Waals surface area contributed by atoms with Crippen molar-refractivity contribution in [2.45, 2.75) is 69.4 Å². The van der Waals surface area contributed by atoms with Crippen molar-refractivity contribution in [3.05, 3.63) is 65.5 Å². The number of unbranched alkanes of at least 4 members (excludes halogenated alkanes) is 1. The molecule has 0 spiro atoms. The Bertz CT molecular complexity index is 1020. The van der Waals surface area contributed by atoms with E-state index in [1.54, 1.807) is 7.11 Å². The number of benzene rings is 2. The zero-order chi connectivity index (χ0) is 25.5. The van der Waals surface area contributed by atoms with Crippen molar-refractivity contribution in [3.8, 4) is 5.75 Å². The van der Waals surface area contributed by atoms with Crippen LogP contribution in [-0.2, 0) is 4.79 Å². The number of piperidine rings is 1. The average Bonchev–Trinajstić information content (AvgIpc) is 3.59. The molecule has 0 aromatic heterocycles. The minimum Gasteiger partial charge on any atom is -0.497 e. The number of hydrogen-bond donors (Lipinski definition) is 2. The molecular formula is C29H38FN3O3. The third kappa shape index (κ3) is 6.64. The number of amides is 2. The molecule has 1 aliphatic carbocycles. The Morgan fingerprint density at radius 3 is 2.42 bits per heavy atom. The highest BCUT2D eigenvalue weighted by Gasteiger charge is 2.50. The molecule has 36 heavy (non-hydrogen) atoms. The SMILES string of the molecule is COc1ccc([C@@H]2C[C@@]2(C)NCCCC[C@H](NC(=O)c2ccc(F)cc2)C(=O)N2CCCCC2)cc1. The van der Waals surface area contributed by atoms with Crippen LogP contribution in [0.25, 0.3) is 0 Å². The van der Waals surface area contributed by atoms with E-state index in [1.165, 1.54) is 29.8 Å². The number of likely N-dealkylation sites (tertiary alicyclic amines) is 1. The van der Waals surface area contributed by atoms with Crippen LogP contribution in [0.4, 0.5) is 4.39 Å². The van der Waals surface area contributed by atoms with E-state index in [-0.39, 0.29) is 17.4 Å². The van der Waals surface area contributed by atoms with Crippen molar-refractivity contribution in [1.82, 2.24) is 15.5 Å². The van der Waals surface area contributed by atoms with Gasteiger partial charge in [-0.25, -0.2) is 4.39 Å². The molecule has 2 aliphatic rings. The van der Waals surface area contributed by atoms with Crippen molar-refractivity contribution in [3.63, 3.8) is 0 Å². The molecule has 0 unspecified atom stereocenters. The van der Waals surface area contributed by atoms with Gasteiger partial charge in [0, 0.05) is 30.1 Å². The van der Waals surface area contributed by atoms with Gasteiger partial charge in [-0.1, -0.05) is 12.1 Å². The van der Waals surface area contributed by atoms with E-state index in [0.29, 0.717) is 17.9 Å². The second kappa shape index (κ2) is 11.9. The molecule has 0 bridgehead atoms. The van der Waals surface area contributed by atoms with Crippen LogP contribution in [0.1, 0.15) is 73.7 Å². The Balaban J connectivity index is 1.27. The maximum atomic E-state index is 13.3. The predicted molar refractivity (Wildman–Crippen MR) is 139 cm³/mol. The summed E-state index contributed by atoms with van der Waals surface area (Å²) in [6.45, 7) is 4.61. The number of carbonyl (C=O) groups is 2. The summed E-state index contributed by atoms with van der Waals surface area (Å²) in [5.74, 6) is 0.628. The maximum absolute atomic E-state index is 13.3. The summed E-state index contributed by atoms with van der Waals surface area (Å²) in [4.78, 5) is 27.9. The van der Waals surface area contributed by atoms with Gasteiger partial charge in [0.1, 0.15) is 17.6 Å². The number of nitrogens with one attached hydrogen (secondary N) is 2. The molecule has 2 aromatic carbocycles. The number of methoxy groups -OCH3 is 1. The first kappa shape index (κ1) is 26.1. The van der Waals surface area contributed by atoms with E-state index < -0.39 is 11.9 Å². The molecule has 2 fully saturated rings. The summed E-state index contributed by atoms with van der Waals surface area (Å²) in [6, 6.07) is 13.2. The lowest BCUT2D eigenvalue weighted by Crippen LogP contribution is -2.50. The van der Waals surface area contributed by atoms with Crippen LogP contribution in [-0.4, -0.2) is 55.0 Å². The second-order valence-corrected chi connectivity index (χ2v) is 10.3. The number of carbonyl (C=O) groups excluding carboxylic acids is 2. The van der Waals surface area contributed by atoms with Gasteiger partial charge in [-0.05, 0) is 100 Å². The van der Waals surface area contributed by atoms with Crippen LogP contribution in [0.2, 0.25) is 0 Å². The topological polar surface area (TPSA) is 70.7 Å². The molecule has 2 amide bonds. The molecule has 1 saturated heterocycles. The summed E-state index contributed by atoms with van der Waals surface area (Å²) in [7, 11) is 1.68. The van der Waals surface area contributed by atoms with Crippen LogP contribution in [0, 0.1) is 5.82 Å². The van der Waals surface area contributed by atoms with Gasteiger partial charge in [-0.3, -0.25) is 9.59 Å². The van der Waals surface area contributed by atoms with Gasteiger partial charge in [0.2, 0.25) is 5.91 Å². The normalized spacial score (nSPS) is 22.1. The fourth-order valence-corrected chi connectivity index (χ4v) is 5.16. The van der Waals surface area contributed by atoms with Gasteiger partial charge < -0.3 is 20.3 Å². The molecule has 1 heterocycles. The molecule has 6 nitrogen and oxygen atoms in total. The first-order valence-corrected chi connectivity index (χ1v) is 13.1. The number of rotatable bonds is 11. The Morgan fingerprint density at radius 1 is 1.06 bits per heavy atom. The van der Waals surface area contributed by atoms with Crippen LogP contribution in [0.5, 0.6) is 5.75 Å². The maximum Gasteiger partial charge on any atom is 0.251 e. The second-order valence-electron chi connectivity index (χ2n) is 10.3. The lowest BCUT2D eigenvalue weighted by Gasteiger charge is -2.31. The van der Waals surface area contributed by atoms with Crippen LogP contribution >= 0.6 is 0 Å². The summed E-state index contributed by atoms with van der Waals surface area (Å²) < 4.78 is 18.5. The Morgan fingerprint density at radius 2 is 1.75 bits per heavy atom. The third-order valence-electron chi connectivity index (χ3n) is 7.58. The van der Waals surface area contributed by atoms with Crippen molar-refractivity contribution >= 4 is 11.8 Å². The zero-order valence-corrected chi connectivity index (χ0v) is 21.4. The summed E-state index contributed by atoms with van der Waals surface area (Å²) in [6.07, 6.45) is 6.57. The molecule has 1 aliphatic heterocycles. The van der Waals surface area contributed by atoms with Gasteiger partial charge in [0.05, 0.1) is 7.11 Å². The van der Waals surface area contributed by atoms with E-state index in [0.717, 1.165) is 63.9 Å². The zero-order valence-electron chi connectivity index (χ0n) is 21.4. The lowest BCUT2D eigenvalue weighted by atomic mass is 10.0. The molecule has 2 N–H and O–H groups in total. The van der Waals surface area contributed by atoms with Crippen molar-refractivity contribution < 1.29 is 18.7 Å². The Hall–Kier alpha value is -2.93. The van der Waals surface area contributed by atoms with Crippen molar-refractivity contribution in [2.24, 2.45) is 0 Å². The summed E-state index contributed by atoms with van der Waals surface area (Å²) in [5, 5.41) is 6.62. The molecule has 2 aromatic rings. The first-order valence-electron chi connectivity index (χ1n) is 13.1. The van der Waals surface area contributed by atoms with Gasteiger partial charge >= 0.3 is 0 Å². The van der Waals surface area contributed by atoms with E-state index in [4.69, 9.17) is 4.74 Å². The standard InChI is InChI=1S/C29H38FN3O3/c1-29(20-25(29)21-11-15-24(36-2)16-12-21)31-17-5-4-8-26(28(35)33-18-6-3-7-19-33)32-27(34)22-9-13-23(30)14-10-22/h9-16,25-26,31H,3-8,17-20H2,1-2H3,(H,32,34)/t25-,26-,29+/m0/s1. The van der Waals surface area contributed by atoms with Gasteiger partial charge in [-0.2, -0.15) is 0 Å². The highest BCUT2D eigenvalue weighted by Crippen LogP contribution is 2.51. The fourth-order valence-electron chi connectivity index (χ4n) is 5.16. The van der Waals surface area contributed by atoms with E-state index in [2.05, 4.69) is 29.7 Å².